The van der Waals surface area contributed by atoms with Gasteiger partial charge in [0.25, 0.3) is 0 Å². The third-order valence-corrected chi connectivity index (χ3v) is 2.59. The predicted molar refractivity (Wildman–Crippen MR) is 60.7 cm³/mol. The van der Waals surface area contributed by atoms with E-state index in [1.807, 2.05) is 6.92 Å². The molecule has 0 saturated heterocycles. The molecule has 0 atom stereocenters. The molecule has 0 aliphatic heterocycles. The summed E-state index contributed by atoms with van der Waals surface area (Å²) in [5, 5.41) is 3.48. The Bertz CT molecular complexity index is 343. The van der Waals surface area contributed by atoms with Gasteiger partial charge in [-0.1, -0.05) is 13.8 Å². The summed E-state index contributed by atoms with van der Waals surface area (Å²) >= 11 is 0. The highest BCUT2D eigenvalue weighted by Gasteiger charge is 2.20. The number of aromatic nitrogens is 2. The number of rotatable bonds is 4. The average Bonchev–Trinajstić information content (AvgIpc) is 2.97. The molecule has 0 aromatic carbocycles. The van der Waals surface area contributed by atoms with Gasteiger partial charge in [0.1, 0.15) is 5.82 Å². The number of hydrogen-bond acceptors (Lipinski definition) is 3. The van der Waals surface area contributed by atoms with Crippen molar-refractivity contribution >= 4 is 0 Å². The van der Waals surface area contributed by atoms with E-state index in [2.05, 4.69) is 35.2 Å². The molecule has 0 radical (unpaired) electrons. The fourth-order valence-corrected chi connectivity index (χ4v) is 1.54. The van der Waals surface area contributed by atoms with E-state index in [0.29, 0.717) is 5.92 Å². The second kappa shape index (κ2) is 4.27. The fraction of sp³-hybridized carbons (Fsp3) is 0.667. The SMILES string of the molecule is Cc1cc(CNC2CC2)nc(C(C)C)n1. The molecule has 1 heterocycles. The first-order chi connectivity index (χ1) is 7.15. The van der Waals surface area contributed by atoms with Crippen molar-refractivity contribution < 1.29 is 0 Å². The first-order valence-corrected chi connectivity index (χ1v) is 5.73. The minimum Gasteiger partial charge on any atom is -0.308 e. The highest BCUT2D eigenvalue weighted by Crippen LogP contribution is 2.19. The molecule has 2 rings (SSSR count). The Morgan fingerprint density at radius 1 is 1.40 bits per heavy atom. The van der Waals surface area contributed by atoms with Crippen LogP contribution in [0.1, 0.15) is 49.8 Å². The molecule has 0 spiro atoms. The van der Waals surface area contributed by atoms with Crippen molar-refractivity contribution in [2.45, 2.75) is 52.1 Å². The molecule has 1 aliphatic rings. The Labute approximate surface area is 91.3 Å². The van der Waals surface area contributed by atoms with Crippen molar-refractivity contribution in [2.75, 3.05) is 0 Å². The highest BCUT2D eigenvalue weighted by molar-refractivity contribution is 5.11. The second-order valence-electron chi connectivity index (χ2n) is 4.67. The zero-order valence-electron chi connectivity index (χ0n) is 9.75. The molecule has 1 aromatic heterocycles. The van der Waals surface area contributed by atoms with Crippen LogP contribution in [0.2, 0.25) is 0 Å². The van der Waals surface area contributed by atoms with E-state index in [1.54, 1.807) is 0 Å². The molecule has 1 aromatic rings. The third-order valence-electron chi connectivity index (χ3n) is 2.59. The van der Waals surface area contributed by atoms with Crippen LogP contribution in [0, 0.1) is 6.92 Å². The summed E-state index contributed by atoms with van der Waals surface area (Å²) in [6, 6.07) is 2.81. The van der Waals surface area contributed by atoms with E-state index in [1.165, 1.54) is 12.8 Å². The van der Waals surface area contributed by atoms with Crippen LogP contribution in [0.3, 0.4) is 0 Å². The summed E-state index contributed by atoms with van der Waals surface area (Å²) in [6.07, 6.45) is 2.64. The van der Waals surface area contributed by atoms with E-state index >= 15 is 0 Å². The van der Waals surface area contributed by atoms with Crippen molar-refractivity contribution in [3.8, 4) is 0 Å². The van der Waals surface area contributed by atoms with Gasteiger partial charge in [0.15, 0.2) is 0 Å². The molecular formula is C12H19N3. The topological polar surface area (TPSA) is 37.8 Å². The van der Waals surface area contributed by atoms with E-state index in [9.17, 15) is 0 Å². The lowest BCUT2D eigenvalue weighted by molar-refractivity contribution is 0.657. The standard InChI is InChI=1S/C12H19N3/c1-8(2)12-14-9(3)6-11(15-12)7-13-10-4-5-10/h6,8,10,13H,4-5,7H2,1-3H3. The quantitative estimate of drug-likeness (QED) is 0.818. The Kier molecular flexibility index (Phi) is 3.00. The van der Waals surface area contributed by atoms with Gasteiger partial charge >= 0.3 is 0 Å². The van der Waals surface area contributed by atoms with E-state index < -0.39 is 0 Å². The molecule has 3 heteroatoms. The van der Waals surface area contributed by atoms with Gasteiger partial charge in [-0.15, -0.1) is 0 Å². The molecule has 3 nitrogen and oxygen atoms in total. The molecular weight excluding hydrogens is 186 g/mol. The van der Waals surface area contributed by atoms with Crippen LogP contribution in [0.4, 0.5) is 0 Å². The number of nitrogens with one attached hydrogen (secondary N) is 1. The Morgan fingerprint density at radius 3 is 2.73 bits per heavy atom. The first kappa shape index (κ1) is 10.6. The molecule has 0 amide bonds. The van der Waals surface area contributed by atoms with Crippen LogP contribution < -0.4 is 5.32 Å². The summed E-state index contributed by atoms with van der Waals surface area (Å²) in [5.41, 5.74) is 2.19. The molecule has 15 heavy (non-hydrogen) atoms. The maximum atomic E-state index is 4.56. The van der Waals surface area contributed by atoms with Crippen molar-refractivity contribution in [3.05, 3.63) is 23.3 Å². The molecule has 1 saturated carbocycles. The van der Waals surface area contributed by atoms with E-state index in [-0.39, 0.29) is 0 Å². The number of aryl methyl sites for hydroxylation is 1. The van der Waals surface area contributed by atoms with E-state index in [4.69, 9.17) is 0 Å². The maximum absolute atomic E-state index is 4.56. The zero-order valence-corrected chi connectivity index (χ0v) is 9.75. The lowest BCUT2D eigenvalue weighted by atomic mass is 10.2. The van der Waals surface area contributed by atoms with Crippen LogP contribution in [-0.4, -0.2) is 16.0 Å². The first-order valence-electron chi connectivity index (χ1n) is 5.73. The van der Waals surface area contributed by atoms with E-state index in [0.717, 1.165) is 29.8 Å². The number of hydrogen-bond donors (Lipinski definition) is 1. The molecule has 1 N–H and O–H groups in total. The largest absolute Gasteiger partial charge is 0.308 e. The van der Waals surface area contributed by atoms with Gasteiger partial charge in [-0.25, -0.2) is 9.97 Å². The van der Waals surface area contributed by atoms with Gasteiger partial charge in [-0.3, -0.25) is 0 Å². The molecule has 1 fully saturated rings. The average molecular weight is 205 g/mol. The summed E-state index contributed by atoms with van der Waals surface area (Å²) in [7, 11) is 0. The van der Waals surface area contributed by atoms with Crippen LogP contribution in [0.25, 0.3) is 0 Å². The summed E-state index contributed by atoms with van der Waals surface area (Å²) in [5.74, 6) is 1.37. The monoisotopic (exact) mass is 205 g/mol. The number of nitrogens with zero attached hydrogens (tertiary/aromatic N) is 2. The lowest BCUT2D eigenvalue weighted by Gasteiger charge is -2.08. The van der Waals surface area contributed by atoms with Crippen LogP contribution in [0.5, 0.6) is 0 Å². The van der Waals surface area contributed by atoms with Gasteiger partial charge in [0, 0.05) is 24.2 Å². The maximum Gasteiger partial charge on any atom is 0.131 e. The zero-order chi connectivity index (χ0) is 10.8. The lowest BCUT2D eigenvalue weighted by Crippen LogP contribution is -2.17. The Morgan fingerprint density at radius 2 is 2.13 bits per heavy atom. The molecule has 82 valence electrons. The molecule has 0 bridgehead atoms. The minimum absolute atomic E-state index is 0.407. The molecule has 1 aliphatic carbocycles. The van der Waals surface area contributed by atoms with Crippen molar-refractivity contribution in [3.63, 3.8) is 0 Å². The minimum atomic E-state index is 0.407. The normalized spacial score (nSPS) is 16.0. The van der Waals surface area contributed by atoms with Gasteiger partial charge in [0.2, 0.25) is 0 Å². The van der Waals surface area contributed by atoms with Gasteiger partial charge in [0.05, 0.1) is 5.69 Å². The van der Waals surface area contributed by atoms with Crippen molar-refractivity contribution in [2.24, 2.45) is 0 Å². The van der Waals surface area contributed by atoms with Crippen molar-refractivity contribution in [1.29, 1.82) is 0 Å². The summed E-state index contributed by atoms with van der Waals surface area (Å²) < 4.78 is 0. The predicted octanol–water partition coefficient (Wildman–Crippen LogP) is 2.16. The molecule has 0 unspecified atom stereocenters. The Hall–Kier alpha value is -0.960. The van der Waals surface area contributed by atoms with Crippen LogP contribution >= 0.6 is 0 Å². The fourth-order valence-electron chi connectivity index (χ4n) is 1.54. The summed E-state index contributed by atoms with van der Waals surface area (Å²) in [6.45, 7) is 7.18. The smallest absolute Gasteiger partial charge is 0.131 e. The van der Waals surface area contributed by atoms with Crippen LogP contribution in [-0.2, 0) is 6.54 Å². The van der Waals surface area contributed by atoms with Gasteiger partial charge in [-0.2, -0.15) is 0 Å². The van der Waals surface area contributed by atoms with Gasteiger partial charge < -0.3 is 5.32 Å². The Balaban J connectivity index is 2.07. The highest BCUT2D eigenvalue weighted by atomic mass is 15.0. The van der Waals surface area contributed by atoms with Crippen molar-refractivity contribution in [1.82, 2.24) is 15.3 Å². The summed E-state index contributed by atoms with van der Waals surface area (Å²) in [4.78, 5) is 9.00. The van der Waals surface area contributed by atoms with Crippen LogP contribution in [0.15, 0.2) is 6.07 Å². The second-order valence-corrected chi connectivity index (χ2v) is 4.67. The third kappa shape index (κ3) is 2.99. The van der Waals surface area contributed by atoms with Gasteiger partial charge in [-0.05, 0) is 25.8 Å².